The molecule has 0 aliphatic heterocycles. The fourth-order valence-corrected chi connectivity index (χ4v) is 3.05. The molecule has 0 saturated heterocycles. The summed E-state index contributed by atoms with van der Waals surface area (Å²) in [5, 5.41) is 7.20. The third-order valence-electron chi connectivity index (χ3n) is 4.51. The van der Waals surface area contributed by atoms with Crippen LogP contribution in [0.5, 0.6) is 11.5 Å². The predicted molar refractivity (Wildman–Crippen MR) is 120 cm³/mol. The van der Waals surface area contributed by atoms with Crippen LogP contribution < -0.4 is 14.8 Å². The highest BCUT2D eigenvalue weighted by Gasteiger charge is 2.14. The summed E-state index contributed by atoms with van der Waals surface area (Å²) in [5.41, 5.74) is 1.85. The molecule has 0 fully saturated rings. The van der Waals surface area contributed by atoms with Gasteiger partial charge in [-0.3, -0.25) is 9.48 Å². The molecule has 2 aromatic carbocycles. The summed E-state index contributed by atoms with van der Waals surface area (Å²) in [6.45, 7) is 5.64. The van der Waals surface area contributed by atoms with Gasteiger partial charge in [-0.15, -0.1) is 0 Å². The van der Waals surface area contributed by atoms with Crippen molar-refractivity contribution in [1.82, 2.24) is 20.1 Å². The van der Waals surface area contributed by atoms with Crippen LogP contribution in [0.25, 0.3) is 6.08 Å². The number of carbonyl (C=O) groups is 1. The first-order valence-electron chi connectivity index (χ1n) is 10.4. The molecule has 1 atom stereocenters. The molecule has 7 heteroatoms. The molecule has 0 radical (unpaired) electrons. The second-order valence-corrected chi connectivity index (χ2v) is 6.91. The van der Waals surface area contributed by atoms with Crippen LogP contribution in [0.1, 0.15) is 37.4 Å². The lowest BCUT2D eigenvalue weighted by Crippen LogP contribution is -2.30. The minimum absolute atomic E-state index is 0.196. The molecule has 1 heterocycles. The van der Waals surface area contributed by atoms with Crippen molar-refractivity contribution in [3.63, 3.8) is 0 Å². The Labute approximate surface area is 182 Å². The molecule has 7 nitrogen and oxygen atoms in total. The molecule has 0 aliphatic carbocycles. The normalized spacial score (nSPS) is 11.9. The van der Waals surface area contributed by atoms with Crippen molar-refractivity contribution >= 4 is 12.0 Å². The molecule has 3 rings (SSSR count). The molecule has 31 heavy (non-hydrogen) atoms. The number of hydrogen-bond acceptors (Lipinski definition) is 5. The number of rotatable bonds is 11. The van der Waals surface area contributed by atoms with E-state index < -0.39 is 0 Å². The molecule has 0 bridgehead atoms. The van der Waals surface area contributed by atoms with E-state index in [0.717, 1.165) is 17.5 Å². The Bertz CT molecular complexity index is 972. The van der Waals surface area contributed by atoms with Crippen molar-refractivity contribution in [2.24, 2.45) is 0 Å². The summed E-state index contributed by atoms with van der Waals surface area (Å²) >= 11 is 0. The van der Waals surface area contributed by atoms with Gasteiger partial charge in [0.1, 0.15) is 12.7 Å². The zero-order valence-electron chi connectivity index (χ0n) is 17.9. The molecule has 3 aromatic rings. The summed E-state index contributed by atoms with van der Waals surface area (Å²) in [6.07, 6.45) is 7.32. The van der Waals surface area contributed by atoms with Gasteiger partial charge in [-0.1, -0.05) is 43.3 Å². The highest BCUT2D eigenvalue weighted by Crippen LogP contribution is 2.29. The number of nitrogens with zero attached hydrogens (tertiary/aromatic N) is 3. The van der Waals surface area contributed by atoms with Gasteiger partial charge in [-0.05, 0) is 42.7 Å². The summed E-state index contributed by atoms with van der Waals surface area (Å²) in [5.74, 6) is 1.19. The number of amides is 1. The van der Waals surface area contributed by atoms with E-state index in [1.54, 1.807) is 17.1 Å². The van der Waals surface area contributed by atoms with Gasteiger partial charge in [0, 0.05) is 6.08 Å². The number of carbonyl (C=O) groups excluding carboxylic acids is 1. The Hall–Kier alpha value is -3.61. The van der Waals surface area contributed by atoms with Crippen molar-refractivity contribution in [3.05, 3.63) is 78.4 Å². The number of ether oxygens (including phenoxy) is 2. The topological polar surface area (TPSA) is 78.3 Å². The molecule has 0 aliphatic rings. The van der Waals surface area contributed by atoms with Gasteiger partial charge in [0.2, 0.25) is 5.91 Å². The van der Waals surface area contributed by atoms with E-state index in [2.05, 4.69) is 22.3 Å². The van der Waals surface area contributed by atoms with E-state index in [0.29, 0.717) is 31.3 Å². The summed E-state index contributed by atoms with van der Waals surface area (Å²) < 4.78 is 13.1. The fourth-order valence-electron chi connectivity index (χ4n) is 3.05. The summed E-state index contributed by atoms with van der Waals surface area (Å²) in [7, 11) is 0. The molecule has 1 N–H and O–H groups in total. The van der Waals surface area contributed by atoms with Gasteiger partial charge in [0.15, 0.2) is 11.5 Å². The van der Waals surface area contributed by atoms with Gasteiger partial charge in [0.05, 0.1) is 25.8 Å². The lowest BCUT2D eigenvalue weighted by molar-refractivity contribution is -0.117. The lowest BCUT2D eigenvalue weighted by Gasteiger charge is -2.18. The van der Waals surface area contributed by atoms with Crippen molar-refractivity contribution in [3.8, 4) is 11.5 Å². The van der Waals surface area contributed by atoms with Crippen LogP contribution in [0, 0.1) is 0 Å². The molecule has 162 valence electrons. The van der Waals surface area contributed by atoms with Crippen LogP contribution in [0.2, 0.25) is 0 Å². The van der Waals surface area contributed by atoms with Gasteiger partial charge in [-0.25, -0.2) is 4.98 Å². The van der Waals surface area contributed by atoms with Crippen LogP contribution in [0.3, 0.4) is 0 Å². The summed E-state index contributed by atoms with van der Waals surface area (Å²) in [4.78, 5) is 16.6. The van der Waals surface area contributed by atoms with Crippen LogP contribution >= 0.6 is 0 Å². The zero-order valence-corrected chi connectivity index (χ0v) is 17.9. The number of nitrogens with one attached hydrogen (secondary N) is 1. The summed E-state index contributed by atoms with van der Waals surface area (Å²) in [6, 6.07) is 15.2. The Kier molecular flexibility index (Phi) is 8.22. The van der Waals surface area contributed by atoms with Crippen molar-refractivity contribution in [2.75, 3.05) is 13.2 Å². The van der Waals surface area contributed by atoms with Crippen LogP contribution in [-0.2, 0) is 11.3 Å². The van der Waals surface area contributed by atoms with Crippen molar-refractivity contribution < 1.29 is 14.3 Å². The molecule has 0 saturated carbocycles. The van der Waals surface area contributed by atoms with Crippen LogP contribution in [0.4, 0.5) is 0 Å². The Morgan fingerprint density at radius 2 is 1.97 bits per heavy atom. The van der Waals surface area contributed by atoms with Gasteiger partial charge >= 0.3 is 0 Å². The quantitative estimate of drug-likeness (QED) is 0.474. The molecule has 1 aromatic heterocycles. The fraction of sp³-hybridized carbons (Fsp3) is 0.292. The molecular weight excluding hydrogens is 392 g/mol. The Morgan fingerprint density at radius 3 is 2.68 bits per heavy atom. The Balaban J connectivity index is 1.70. The highest BCUT2D eigenvalue weighted by atomic mass is 16.5. The minimum atomic E-state index is -0.233. The van der Waals surface area contributed by atoms with Gasteiger partial charge < -0.3 is 14.8 Å². The van der Waals surface area contributed by atoms with E-state index in [4.69, 9.17) is 9.47 Å². The highest BCUT2D eigenvalue weighted by molar-refractivity contribution is 5.92. The van der Waals surface area contributed by atoms with E-state index in [1.807, 2.05) is 55.5 Å². The predicted octanol–water partition coefficient (Wildman–Crippen LogP) is 4.04. The molecular formula is C24H28N4O3. The van der Waals surface area contributed by atoms with Crippen LogP contribution in [0.15, 0.2) is 67.3 Å². The molecule has 0 spiro atoms. The van der Waals surface area contributed by atoms with E-state index in [-0.39, 0.29) is 11.9 Å². The van der Waals surface area contributed by atoms with Crippen molar-refractivity contribution in [1.29, 1.82) is 0 Å². The van der Waals surface area contributed by atoms with E-state index in [1.165, 1.54) is 12.4 Å². The zero-order chi connectivity index (χ0) is 21.9. The lowest BCUT2D eigenvalue weighted by atomic mass is 10.1. The number of hydrogen-bond donors (Lipinski definition) is 1. The smallest absolute Gasteiger partial charge is 0.244 e. The molecule has 1 amide bonds. The standard InChI is InChI=1S/C24H28N4O3/c1-3-14-31-22-12-10-19(15-23(22)30-4-2)11-13-24(29)27-21(16-28-18-25-17-26-28)20-8-6-5-7-9-20/h5-13,15,17-18,21H,3-4,14,16H2,1-2H3,(H,27,29)/b13-11+. The van der Waals surface area contributed by atoms with E-state index >= 15 is 0 Å². The second kappa shape index (κ2) is 11.5. The SMILES string of the molecule is CCCOc1ccc(/C=C/C(=O)NC(Cn2cncn2)c2ccccc2)cc1OCC. The Morgan fingerprint density at radius 1 is 1.13 bits per heavy atom. The average Bonchev–Trinajstić information content (AvgIpc) is 3.30. The second-order valence-electron chi connectivity index (χ2n) is 6.91. The maximum absolute atomic E-state index is 12.6. The first kappa shape index (κ1) is 22.1. The molecule has 1 unspecified atom stereocenters. The van der Waals surface area contributed by atoms with Gasteiger partial charge in [-0.2, -0.15) is 5.10 Å². The maximum Gasteiger partial charge on any atom is 0.244 e. The van der Waals surface area contributed by atoms with Crippen LogP contribution in [-0.4, -0.2) is 33.9 Å². The number of aromatic nitrogens is 3. The third-order valence-corrected chi connectivity index (χ3v) is 4.51. The third kappa shape index (κ3) is 6.70. The average molecular weight is 421 g/mol. The van der Waals surface area contributed by atoms with E-state index in [9.17, 15) is 4.79 Å². The monoisotopic (exact) mass is 420 g/mol. The largest absolute Gasteiger partial charge is 0.490 e. The maximum atomic E-state index is 12.6. The first-order chi connectivity index (χ1) is 15.2. The minimum Gasteiger partial charge on any atom is -0.490 e. The van der Waals surface area contributed by atoms with Crippen molar-refractivity contribution in [2.45, 2.75) is 32.9 Å². The van der Waals surface area contributed by atoms with Gasteiger partial charge in [0.25, 0.3) is 0 Å². The first-order valence-corrected chi connectivity index (χ1v) is 10.4. The number of benzene rings is 2.